The van der Waals surface area contributed by atoms with Crippen LogP contribution in [0, 0.1) is 6.92 Å². The van der Waals surface area contributed by atoms with Gasteiger partial charge < -0.3 is 0 Å². The molecule has 0 spiro atoms. The van der Waals surface area contributed by atoms with Crippen LogP contribution in [0.5, 0.6) is 0 Å². The highest BCUT2D eigenvalue weighted by Crippen LogP contribution is 2.13. The minimum Gasteiger partial charge on any atom is -0.292 e. The van der Waals surface area contributed by atoms with Crippen LogP contribution in [-0.2, 0) is 6.42 Å². The van der Waals surface area contributed by atoms with Crippen molar-refractivity contribution < 1.29 is 4.79 Å². The average molecular weight is 223 g/mol. The van der Waals surface area contributed by atoms with E-state index in [1.165, 1.54) is 11.3 Å². The molecule has 0 unspecified atom stereocenters. The third kappa shape index (κ3) is 2.08. The number of nitrogens with zero attached hydrogens (tertiary/aromatic N) is 1. The molecule has 0 fully saturated rings. The van der Waals surface area contributed by atoms with Gasteiger partial charge in [-0.25, -0.2) is 4.98 Å². The van der Waals surface area contributed by atoms with E-state index in [-0.39, 0.29) is 5.78 Å². The predicted octanol–water partition coefficient (Wildman–Crippen LogP) is 2.94. The molecule has 0 saturated heterocycles. The first-order valence-corrected chi connectivity index (χ1v) is 6.04. The first kappa shape index (κ1) is 9.55. The Balaban J connectivity index is 2.10. The zero-order chi connectivity index (χ0) is 9.97. The van der Waals surface area contributed by atoms with E-state index in [4.69, 9.17) is 0 Å². The highest BCUT2D eigenvalue weighted by Gasteiger charge is 2.10. The van der Waals surface area contributed by atoms with Crippen molar-refractivity contribution in [3.63, 3.8) is 0 Å². The number of thiophene rings is 1. The minimum atomic E-state index is 0.104. The standard InChI is InChI=1S/C10H9NOS2/c1-7-11-9(6-14-7)10(12)4-8-2-3-13-5-8/h2-3,5-6H,4H2,1H3. The fourth-order valence-electron chi connectivity index (χ4n) is 1.16. The lowest BCUT2D eigenvalue weighted by Crippen LogP contribution is -2.02. The van der Waals surface area contributed by atoms with Crippen molar-refractivity contribution in [1.82, 2.24) is 4.98 Å². The summed E-state index contributed by atoms with van der Waals surface area (Å²) in [5.41, 5.74) is 1.67. The Morgan fingerprint density at radius 1 is 1.50 bits per heavy atom. The molecule has 72 valence electrons. The third-order valence-corrected chi connectivity index (χ3v) is 3.36. The van der Waals surface area contributed by atoms with Crippen LogP contribution in [0.3, 0.4) is 0 Å². The summed E-state index contributed by atoms with van der Waals surface area (Å²) >= 11 is 3.13. The molecule has 0 aromatic carbocycles. The van der Waals surface area contributed by atoms with E-state index in [9.17, 15) is 4.79 Å². The van der Waals surface area contributed by atoms with Gasteiger partial charge in [0.05, 0.1) is 5.01 Å². The highest BCUT2D eigenvalue weighted by molar-refractivity contribution is 7.09. The van der Waals surface area contributed by atoms with Crippen molar-refractivity contribution in [1.29, 1.82) is 0 Å². The summed E-state index contributed by atoms with van der Waals surface area (Å²) in [6.45, 7) is 1.91. The molecular weight excluding hydrogens is 214 g/mol. The molecule has 14 heavy (non-hydrogen) atoms. The number of ketones is 1. The summed E-state index contributed by atoms with van der Waals surface area (Å²) in [4.78, 5) is 15.8. The monoisotopic (exact) mass is 223 g/mol. The van der Waals surface area contributed by atoms with E-state index >= 15 is 0 Å². The second-order valence-electron chi connectivity index (χ2n) is 2.98. The number of thiazole rings is 1. The van der Waals surface area contributed by atoms with Gasteiger partial charge in [-0.05, 0) is 29.3 Å². The molecule has 0 atom stereocenters. The summed E-state index contributed by atoms with van der Waals surface area (Å²) in [5, 5.41) is 6.74. The van der Waals surface area contributed by atoms with Gasteiger partial charge >= 0.3 is 0 Å². The Kier molecular flexibility index (Phi) is 2.74. The van der Waals surface area contributed by atoms with Gasteiger partial charge in [0.25, 0.3) is 0 Å². The summed E-state index contributed by atoms with van der Waals surface area (Å²) in [6, 6.07) is 1.97. The van der Waals surface area contributed by atoms with Gasteiger partial charge in [0.1, 0.15) is 5.69 Å². The Morgan fingerprint density at radius 3 is 2.93 bits per heavy atom. The fraction of sp³-hybridized carbons (Fsp3) is 0.200. The van der Waals surface area contributed by atoms with Crippen LogP contribution in [0.25, 0.3) is 0 Å². The van der Waals surface area contributed by atoms with E-state index in [1.54, 1.807) is 11.3 Å². The molecule has 0 amide bonds. The quantitative estimate of drug-likeness (QED) is 0.749. The topological polar surface area (TPSA) is 30.0 Å². The SMILES string of the molecule is Cc1nc(C(=O)Cc2ccsc2)cs1. The first-order valence-electron chi connectivity index (χ1n) is 4.22. The van der Waals surface area contributed by atoms with E-state index in [2.05, 4.69) is 4.98 Å². The Bertz CT molecular complexity index is 431. The molecule has 2 nitrogen and oxygen atoms in total. The van der Waals surface area contributed by atoms with Crippen LogP contribution in [0.1, 0.15) is 21.1 Å². The minimum absolute atomic E-state index is 0.104. The van der Waals surface area contributed by atoms with Gasteiger partial charge in [-0.15, -0.1) is 11.3 Å². The number of aryl methyl sites for hydroxylation is 1. The van der Waals surface area contributed by atoms with Gasteiger partial charge in [0, 0.05) is 11.8 Å². The lowest BCUT2D eigenvalue weighted by molar-refractivity contribution is 0.0989. The van der Waals surface area contributed by atoms with E-state index in [0.717, 1.165) is 10.6 Å². The van der Waals surface area contributed by atoms with Gasteiger partial charge in [-0.1, -0.05) is 0 Å². The number of carbonyl (C=O) groups excluding carboxylic acids is 1. The number of hydrogen-bond acceptors (Lipinski definition) is 4. The zero-order valence-corrected chi connectivity index (χ0v) is 9.32. The normalized spacial score (nSPS) is 10.4. The lowest BCUT2D eigenvalue weighted by Gasteiger charge is -1.93. The Morgan fingerprint density at radius 2 is 2.36 bits per heavy atom. The van der Waals surface area contributed by atoms with Crippen LogP contribution in [0.2, 0.25) is 0 Å². The maximum atomic E-state index is 11.7. The summed E-state index contributed by atoms with van der Waals surface area (Å²) in [7, 11) is 0. The molecule has 0 N–H and O–H groups in total. The zero-order valence-electron chi connectivity index (χ0n) is 7.69. The molecule has 0 saturated carbocycles. The molecule has 0 radical (unpaired) electrons. The van der Waals surface area contributed by atoms with Gasteiger partial charge in [-0.3, -0.25) is 4.79 Å². The largest absolute Gasteiger partial charge is 0.292 e. The van der Waals surface area contributed by atoms with Crippen molar-refractivity contribution in [3.8, 4) is 0 Å². The maximum absolute atomic E-state index is 11.7. The van der Waals surface area contributed by atoms with Crippen LogP contribution >= 0.6 is 22.7 Å². The summed E-state index contributed by atoms with van der Waals surface area (Å²) in [5.74, 6) is 0.104. The van der Waals surface area contributed by atoms with Crippen molar-refractivity contribution in [2.45, 2.75) is 13.3 Å². The molecular formula is C10H9NOS2. The summed E-state index contributed by atoms with van der Waals surface area (Å²) in [6.07, 6.45) is 0.465. The predicted molar refractivity (Wildman–Crippen MR) is 59.2 cm³/mol. The fourth-order valence-corrected chi connectivity index (χ4v) is 2.45. The molecule has 2 rings (SSSR count). The smallest absolute Gasteiger partial charge is 0.186 e. The Hall–Kier alpha value is -1.00. The number of rotatable bonds is 3. The molecule has 0 bridgehead atoms. The molecule has 4 heteroatoms. The molecule has 2 heterocycles. The molecule has 2 aromatic rings. The molecule has 2 aromatic heterocycles. The number of hydrogen-bond donors (Lipinski definition) is 0. The molecule has 0 aliphatic carbocycles. The molecule has 0 aliphatic rings. The Labute approximate surface area is 90.2 Å². The molecule has 0 aliphatic heterocycles. The van der Waals surface area contributed by atoms with Crippen molar-refractivity contribution in [3.05, 3.63) is 38.5 Å². The van der Waals surface area contributed by atoms with Gasteiger partial charge in [-0.2, -0.15) is 11.3 Å². The van der Waals surface area contributed by atoms with Gasteiger partial charge in [0.2, 0.25) is 0 Å². The number of Topliss-reactive ketones (excluding diaryl/α,β-unsaturated/α-hetero) is 1. The first-order chi connectivity index (χ1) is 6.75. The van der Waals surface area contributed by atoms with Crippen molar-refractivity contribution in [2.75, 3.05) is 0 Å². The van der Waals surface area contributed by atoms with Crippen LogP contribution in [-0.4, -0.2) is 10.8 Å². The van der Waals surface area contributed by atoms with E-state index < -0.39 is 0 Å². The maximum Gasteiger partial charge on any atom is 0.186 e. The van der Waals surface area contributed by atoms with Crippen molar-refractivity contribution >= 4 is 28.5 Å². The number of aromatic nitrogens is 1. The van der Waals surface area contributed by atoms with Gasteiger partial charge in [0.15, 0.2) is 5.78 Å². The second-order valence-corrected chi connectivity index (χ2v) is 4.83. The second kappa shape index (κ2) is 4.02. The van der Waals surface area contributed by atoms with E-state index in [0.29, 0.717) is 12.1 Å². The lowest BCUT2D eigenvalue weighted by atomic mass is 10.1. The van der Waals surface area contributed by atoms with E-state index in [1.807, 2.05) is 29.1 Å². The summed E-state index contributed by atoms with van der Waals surface area (Å²) < 4.78 is 0. The average Bonchev–Trinajstić information content (AvgIpc) is 2.75. The van der Waals surface area contributed by atoms with Crippen LogP contribution in [0.4, 0.5) is 0 Å². The van der Waals surface area contributed by atoms with Crippen LogP contribution < -0.4 is 0 Å². The highest BCUT2D eigenvalue weighted by atomic mass is 32.1. The van der Waals surface area contributed by atoms with Crippen LogP contribution in [0.15, 0.2) is 22.2 Å². The third-order valence-electron chi connectivity index (χ3n) is 1.85. The number of carbonyl (C=O) groups is 1. The van der Waals surface area contributed by atoms with Crippen molar-refractivity contribution in [2.24, 2.45) is 0 Å².